The van der Waals surface area contributed by atoms with Crippen molar-refractivity contribution >= 4 is 12.3 Å². The van der Waals surface area contributed by atoms with Crippen LogP contribution >= 0.6 is 0 Å². The number of carbonyl (C=O) groups excluding carboxylic acids is 2. The second-order valence-electron chi connectivity index (χ2n) is 25.7. The highest BCUT2D eigenvalue weighted by molar-refractivity contribution is 5.86. The van der Waals surface area contributed by atoms with E-state index in [9.17, 15) is 35.4 Å². The smallest absolute Gasteiger partial charge is 0.331 e. The molecule has 1 aromatic rings. The lowest BCUT2D eigenvalue weighted by Crippen LogP contribution is -2.86. The van der Waals surface area contributed by atoms with E-state index in [0.29, 0.717) is 62.7 Å². The molecule has 20 unspecified atom stereocenters. The number of fused-ring (bicyclic) bond motifs is 8. The number of hydrogen-bond donors (Lipinski definition) is 7. The van der Waals surface area contributed by atoms with E-state index in [1.54, 1.807) is 6.08 Å². The lowest BCUT2D eigenvalue weighted by molar-refractivity contribution is -0.384. The number of nitrogens with one attached hydrogen (secondary N) is 1. The maximum absolute atomic E-state index is 15.1. The third kappa shape index (κ3) is 6.36. The molecule has 0 saturated heterocycles. The first-order chi connectivity index (χ1) is 33.8. The third-order valence-corrected chi connectivity index (χ3v) is 23.5. The zero-order chi connectivity index (χ0) is 48.6. The molecule has 1 aromatic carbocycles. The van der Waals surface area contributed by atoms with Crippen LogP contribution in [0.4, 0.5) is 0 Å². The van der Waals surface area contributed by atoms with Crippen molar-refractivity contribution in [2.24, 2.45) is 81.3 Å². The minimum Gasteiger partial charge on any atom is -0.454 e. The first-order valence-corrected chi connectivity index (χ1v) is 28.2. The van der Waals surface area contributed by atoms with Gasteiger partial charge in [-0.05, 0) is 160 Å². The molecule has 10 heteroatoms. The lowest BCUT2D eigenvalue weighted by Gasteiger charge is -2.74. The van der Waals surface area contributed by atoms with Crippen molar-refractivity contribution in [1.29, 1.82) is 0 Å². The summed E-state index contributed by atoms with van der Waals surface area (Å²) in [6, 6.07) is 5.67. The normalized spacial score (nSPS) is 49.8. The number of esters is 1. The van der Waals surface area contributed by atoms with Gasteiger partial charge in [-0.15, -0.1) is 0 Å². The predicted molar refractivity (Wildman–Crippen MR) is 264 cm³/mol. The van der Waals surface area contributed by atoms with E-state index < -0.39 is 75.1 Å². The van der Waals surface area contributed by atoms with Gasteiger partial charge in [0.25, 0.3) is 0 Å². The van der Waals surface area contributed by atoms with Gasteiger partial charge in [0.05, 0.1) is 29.8 Å². The van der Waals surface area contributed by atoms with Gasteiger partial charge in [-0.2, -0.15) is 0 Å². The third-order valence-electron chi connectivity index (χ3n) is 23.5. The predicted octanol–water partition coefficient (Wildman–Crippen LogP) is 7.27. The highest BCUT2D eigenvalue weighted by Crippen LogP contribution is 2.79. The molecule has 12 rings (SSSR count). The quantitative estimate of drug-likeness (QED) is 0.0462. The van der Waals surface area contributed by atoms with Crippen LogP contribution in [0.3, 0.4) is 0 Å². The summed E-state index contributed by atoms with van der Waals surface area (Å²) in [5, 5.41) is 85.0. The average molecular weight is 960 g/mol. The van der Waals surface area contributed by atoms with E-state index in [-0.39, 0.29) is 61.5 Å². The van der Waals surface area contributed by atoms with E-state index in [2.05, 4.69) is 36.2 Å². The molecule has 1 aliphatic heterocycles. The summed E-state index contributed by atoms with van der Waals surface area (Å²) in [6.07, 6.45) is 20.7. The van der Waals surface area contributed by atoms with E-state index >= 15 is 4.79 Å². The van der Waals surface area contributed by atoms with Crippen LogP contribution in [0.25, 0.3) is 0 Å². The Hall–Kier alpha value is -2.88. The molecule has 7 N–H and O–H groups in total. The van der Waals surface area contributed by atoms with Gasteiger partial charge in [0.2, 0.25) is 0 Å². The molecule has 4 bridgehead atoms. The number of unbranched alkanes of at least 4 members (excludes halogenated alkanes) is 2. The zero-order valence-electron chi connectivity index (χ0n) is 41.9. The first kappa shape index (κ1) is 48.1. The molecule has 0 radical (unpaired) electrons. The first-order valence-electron chi connectivity index (χ1n) is 28.2. The fraction of sp³-hybridized carbons (Fsp3) is 0.767. The Morgan fingerprint density at radius 3 is 2.49 bits per heavy atom. The number of carbonyl (C=O) groups is 2. The van der Waals surface area contributed by atoms with Gasteiger partial charge in [0.1, 0.15) is 23.6 Å². The molecular weight excluding hydrogens is 879 g/mol. The SMILES string of the molecule is CCCCCC1CCC2(C1)CC1(C=O)C3CCC45CCC#Cc6cccc(CO)c6CC(NC)C6CC(CC4(O)C3(O)C(O)C3CC4C(C=CCC4C4CCCC4)CC(C2O)C31O)C5C1=CC(=O)OC16. The number of aldehydes is 1. The highest BCUT2D eigenvalue weighted by Gasteiger charge is 2.87. The maximum Gasteiger partial charge on any atom is 0.331 e. The topological polar surface area (TPSA) is 177 Å². The number of likely N-dealkylation sites (N-methyl/N-ethyl adjacent to an activating group) is 1. The number of aliphatic hydroxyl groups is 6. The van der Waals surface area contributed by atoms with Crippen LogP contribution in [0, 0.1) is 93.2 Å². The number of aliphatic hydroxyl groups excluding tert-OH is 3. The van der Waals surface area contributed by atoms with Gasteiger partial charge >= 0.3 is 5.97 Å². The molecule has 10 aliphatic carbocycles. The van der Waals surface area contributed by atoms with Crippen molar-refractivity contribution in [3.63, 3.8) is 0 Å². The van der Waals surface area contributed by atoms with Crippen LogP contribution in [0.2, 0.25) is 0 Å². The fourth-order valence-corrected chi connectivity index (χ4v) is 20.8. The van der Waals surface area contributed by atoms with Crippen molar-refractivity contribution in [3.05, 3.63) is 58.7 Å². The molecule has 8 saturated carbocycles. The van der Waals surface area contributed by atoms with E-state index in [0.717, 1.165) is 92.8 Å². The molecule has 20 atom stereocenters. The van der Waals surface area contributed by atoms with E-state index in [1.807, 2.05) is 25.2 Å². The monoisotopic (exact) mass is 960 g/mol. The van der Waals surface area contributed by atoms with Crippen molar-refractivity contribution in [3.8, 4) is 11.8 Å². The molecule has 380 valence electrons. The largest absolute Gasteiger partial charge is 0.454 e. The van der Waals surface area contributed by atoms with Crippen LogP contribution in [0.1, 0.15) is 158 Å². The molecule has 0 amide bonds. The van der Waals surface area contributed by atoms with Crippen LogP contribution < -0.4 is 5.32 Å². The Bertz CT molecular complexity index is 2370. The molecular formula is C60H81NO9. The van der Waals surface area contributed by atoms with Crippen LogP contribution in [-0.2, 0) is 27.4 Å². The van der Waals surface area contributed by atoms with Crippen molar-refractivity contribution in [2.45, 2.75) is 196 Å². The number of hydrogen-bond acceptors (Lipinski definition) is 10. The van der Waals surface area contributed by atoms with E-state index in [4.69, 9.17) is 4.74 Å². The van der Waals surface area contributed by atoms with Gasteiger partial charge in [0.15, 0.2) is 0 Å². The van der Waals surface area contributed by atoms with Crippen LogP contribution in [0.5, 0.6) is 0 Å². The van der Waals surface area contributed by atoms with Gasteiger partial charge < -0.3 is 45.5 Å². The summed E-state index contributed by atoms with van der Waals surface area (Å²) in [5.41, 5.74) is -5.78. The molecule has 11 aliphatic rings. The summed E-state index contributed by atoms with van der Waals surface area (Å²) in [6.45, 7) is 2.09. The van der Waals surface area contributed by atoms with Gasteiger partial charge in [-0.3, -0.25) is 0 Å². The second-order valence-corrected chi connectivity index (χ2v) is 25.7. The molecule has 8 fully saturated rings. The summed E-state index contributed by atoms with van der Waals surface area (Å²) in [7, 11) is 1.92. The second kappa shape index (κ2) is 17.4. The molecule has 10 nitrogen and oxygen atoms in total. The number of rotatable bonds is 8. The standard InChI is InChI=1S/C60H81NO9/c1-3-4-5-12-35-20-23-55(30-35)33-57(34-63)49-21-24-56-22-9-8-15-37-16-10-18-39(32-62)42(37)28-48(61-2)44-25-40(51(56)45-29-50(64)70-52(44)45)31-58(56,67)60(49,69)54(66)47-27-43-38(26-46(53(55)65)59(47,57)68)17-11-19-41(43)36-13-6-7-14-36/h10-11,16-18,29,34-36,38,40-41,43-44,46-49,51-54,61-62,65-69H,3-7,9,12-14,19-28,30-33H2,1-2H3. The lowest BCUT2D eigenvalue weighted by atomic mass is 9.33. The summed E-state index contributed by atoms with van der Waals surface area (Å²) in [5.74, 6) is 4.51. The Labute approximate surface area is 415 Å². The Balaban J connectivity index is 1.04. The Morgan fingerprint density at radius 1 is 0.900 bits per heavy atom. The van der Waals surface area contributed by atoms with Crippen molar-refractivity contribution in [2.75, 3.05) is 7.05 Å². The minimum atomic E-state index is -2.22. The summed E-state index contributed by atoms with van der Waals surface area (Å²) >= 11 is 0. The van der Waals surface area contributed by atoms with Crippen LogP contribution in [0.15, 0.2) is 42.0 Å². The Morgan fingerprint density at radius 2 is 1.71 bits per heavy atom. The number of benzene rings is 1. The molecule has 70 heavy (non-hydrogen) atoms. The summed E-state index contributed by atoms with van der Waals surface area (Å²) in [4.78, 5) is 28.8. The average Bonchev–Trinajstić information content (AvgIpc) is 4.16. The van der Waals surface area contributed by atoms with Gasteiger partial charge in [0, 0.05) is 53.2 Å². The van der Waals surface area contributed by atoms with Crippen molar-refractivity contribution < 1.29 is 45.0 Å². The molecule has 2 spiro atoms. The summed E-state index contributed by atoms with van der Waals surface area (Å²) < 4.78 is 6.33. The fourth-order valence-electron chi connectivity index (χ4n) is 20.8. The molecule has 1 heterocycles. The van der Waals surface area contributed by atoms with E-state index in [1.165, 1.54) is 12.8 Å². The number of allylic oxidation sites excluding steroid dienone is 2. The maximum atomic E-state index is 15.1. The number of ether oxygens (including phenoxy) is 1. The van der Waals surface area contributed by atoms with Gasteiger partial charge in [-0.1, -0.05) is 94.4 Å². The highest BCUT2D eigenvalue weighted by atomic mass is 16.5. The minimum absolute atomic E-state index is 0.0480. The van der Waals surface area contributed by atoms with Crippen LogP contribution in [-0.4, -0.2) is 91.1 Å². The Kier molecular flexibility index (Phi) is 11.9. The molecule has 0 aromatic heterocycles. The van der Waals surface area contributed by atoms with Crippen molar-refractivity contribution in [1.82, 2.24) is 5.32 Å². The van der Waals surface area contributed by atoms with Gasteiger partial charge in [-0.25, -0.2) is 4.79 Å². The zero-order valence-corrected chi connectivity index (χ0v) is 41.9.